The Labute approximate surface area is 159 Å². The Bertz CT molecular complexity index is 698. The molecular weight excluding hydrogens is 344 g/mol. The first-order valence-electron chi connectivity index (χ1n) is 9.11. The summed E-state index contributed by atoms with van der Waals surface area (Å²) >= 11 is 1.69. The molecule has 0 saturated heterocycles. The van der Waals surface area contributed by atoms with Gasteiger partial charge in [-0.3, -0.25) is 4.79 Å². The molecule has 3 rings (SSSR count). The Morgan fingerprint density at radius 1 is 1.19 bits per heavy atom. The number of pyridine rings is 1. The largest absolute Gasteiger partial charge is 0.384 e. The number of hydrogen-bond donors (Lipinski definition) is 1. The molecule has 1 aliphatic carbocycles. The highest BCUT2D eigenvalue weighted by atomic mass is 32.2. The van der Waals surface area contributed by atoms with E-state index in [2.05, 4.69) is 10.3 Å². The lowest BCUT2D eigenvalue weighted by Crippen LogP contribution is -2.38. The maximum Gasteiger partial charge on any atom is 0.251 e. The van der Waals surface area contributed by atoms with E-state index in [0.717, 1.165) is 30.2 Å². The van der Waals surface area contributed by atoms with Crippen LogP contribution < -0.4 is 5.32 Å². The third-order valence-corrected chi connectivity index (χ3v) is 5.99. The molecule has 26 heavy (non-hydrogen) atoms. The number of rotatable bonds is 8. The van der Waals surface area contributed by atoms with Crippen LogP contribution in [-0.4, -0.2) is 31.2 Å². The molecule has 1 saturated carbocycles. The summed E-state index contributed by atoms with van der Waals surface area (Å²) in [7, 11) is 1.74. The van der Waals surface area contributed by atoms with Crippen LogP contribution in [0.4, 0.5) is 0 Å². The molecule has 0 unspecified atom stereocenters. The van der Waals surface area contributed by atoms with Gasteiger partial charge >= 0.3 is 0 Å². The van der Waals surface area contributed by atoms with Crippen molar-refractivity contribution in [3.05, 3.63) is 59.8 Å². The minimum Gasteiger partial charge on any atom is -0.384 e. The lowest BCUT2D eigenvalue weighted by molar-refractivity contribution is 0.0740. The number of nitrogens with zero attached hydrogens (tertiary/aromatic N) is 1. The van der Waals surface area contributed by atoms with E-state index in [9.17, 15) is 4.79 Å². The molecule has 0 aliphatic heterocycles. The SMILES string of the molecule is COCC1(CNC(=O)c2ccc(CSc3ccccn3)cc2)CCCC1. The highest BCUT2D eigenvalue weighted by molar-refractivity contribution is 7.98. The maximum absolute atomic E-state index is 12.5. The molecule has 0 atom stereocenters. The van der Waals surface area contributed by atoms with Crippen molar-refractivity contribution in [3.8, 4) is 0 Å². The van der Waals surface area contributed by atoms with Crippen LogP contribution in [0.15, 0.2) is 53.7 Å². The smallest absolute Gasteiger partial charge is 0.251 e. The molecule has 0 radical (unpaired) electrons. The van der Waals surface area contributed by atoms with Crippen molar-refractivity contribution in [2.24, 2.45) is 5.41 Å². The van der Waals surface area contributed by atoms with E-state index >= 15 is 0 Å². The summed E-state index contributed by atoms with van der Waals surface area (Å²) in [5, 5.41) is 4.12. The van der Waals surface area contributed by atoms with E-state index in [-0.39, 0.29) is 11.3 Å². The van der Waals surface area contributed by atoms with E-state index in [1.165, 1.54) is 18.4 Å². The van der Waals surface area contributed by atoms with Crippen LogP contribution in [0.25, 0.3) is 0 Å². The van der Waals surface area contributed by atoms with Gasteiger partial charge < -0.3 is 10.1 Å². The molecule has 1 heterocycles. The molecule has 138 valence electrons. The van der Waals surface area contributed by atoms with Gasteiger partial charge in [0.15, 0.2) is 0 Å². The Balaban J connectivity index is 1.52. The average Bonchev–Trinajstić information content (AvgIpc) is 3.15. The number of amides is 1. The lowest BCUT2D eigenvalue weighted by atomic mass is 9.87. The Kier molecular flexibility index (Phi) is 6.69. The number of ether oxygens (including phenoxy) is 1. The fourth-order valence-corrected chi connectivity index (χ4v) is 4.33. The van der Waals surface area contributed by atoms with Gasteiger partial charge in [0.05, 0.1) is 11.6 Å². The molecule has 1 aromatic carbocycles. The van der Waals surface area contributed by atoms with Crippen LogP contribution in [0, 0.1) is 5.41 Å². The van der Waals surface area contributed by atoms with E-state index in [1.54, 1.807) is 25.1 Å². The van der Waals surface area contributed by atoms with Crippen molar-refractivity contribution in [3.63, 3.8) is 0 Å². The van der Waals surface area contributed by atoms with Crippen molar-refractivity contribution < 1.29 is 9.53 Å². The molecule has 1 aromatic heterocycles. The minimum atomic E-state index is -0.00342. The molecular formula is C21H26N2O2S. The molecule has 2 aromatic rings. The number of benzene rings is 1. The number of nitrogens with one attached hydrogen (secondary N) is 1. The Morgan fingerprint density at radius 3 is 2.62 bits per heavy atom. The van der Waals surface area contributed by atoms with Gasteiger partial charge in [0.2, 0.25) is 0 Å². The number of carbonyl (C=O) groups excluding carboxylic acids is 1. The average molecular weight is 371 g/mol. The molecule has 1 amide bonds. The number of methoxy groups -OCH3 is 1. The first-order valence-corrected chi connectivity index (χ1v) is 10.1. The Hall–Kier alpha value is -1.85. The zero-order chi connectivity index (χ0) is 18.2. The third-order valence-electron chi connectivity index (χ3n) is 4.98. The summed E-state index contributed by atoms with van der Waals surface area (Å²) < 4.78 is 5.39. The second-order valence-electron chi connectivity index (χ2n) is 6.98. The summed E-state index contributed by atoms with van der Waals surface area (Å²) in [5.41, 5.74) is 2.01. The molecule has 4 nitrogen and oxygen atoms in total. The highest BCUT2D eigenvalue weighted by Crippen LogP contribution is 2.37. The Morgan fingerprint density at radius 2 is 1.96 bits per heavy atom. The fourth-order valence-electron chi connectivity index (χ4n) is 3.52. The van der Waals surface area contributed by atoms with Crippen molar-refractivity contribution in [1.29, 1.82) is 0 Å². The zero-order valence-electron chi connectivity index (χ0n) is 15.2. The van der Waals surface area contributed by atoms with Gasteiger partial charge in [0.1, 0.15) is 0 Å². The zero-order valence-corrected chi connectivity index (χ0v) is 16.1. The number of hydrogen-bond acceptors (Lipinski definition) is 4. The summed E-state index contributed by atoms with van der Waals surface area (Å²) in [6.45, 7) is 1.41. The standard InChI is InChI=1S/C21H26N2O2S/c1-25-16-21(11-3-4-12-21)15-23-20(24)18-9-7-17(8-10-18)14-26-19-6-2-5-13-22-19/h2,5-10,13H,3-4,11-12,14-16H2,1H3,(H,23,24). The monoisotopic (exact) mass is 370 g/mol. The first-order chi connectivity index (χ1) is 12.7. The van der Waals surface area contributed by atoms with Crippen LogP contribution in [-0.2, 0) is 10.5 Å². The van der Waals surface area contributed by atoms with E-state index < -0.39 is 0 Å². The quantitative estimate of drug-likeness (QED) is 0.704. The third kappa shape index (κ3) is 5.08. The predicted molar refractivity (Wildman–Crippen MR) is 105 cm³/mol. The summed E-state index contributed by atoms with van der Waals surface area (Å²) in [6.07, 6.45) is 6.51. The van der Waals surface area contributed by atoms with Gasteiger partial charge in [-0.25, -0.2) is 4.98 Å². The normalized spacial score (nSPS) is 15.7. The van der Waals surface area contributed by atoms with Gasteiger partial charge in [0, 0.05) is 36.6 Å². The summed E-state index contributed by atoms with van der Waals surface area (Å²) in [4.78, 5) is 16.8. The number of carbonyl (C=O) groups is 1. The summed E-state index contributed by atoms with van der Waals surface area (Å²) in [6, 6.07) is 13.8. The molecule has 1 N–H and O–H groups in total. The van der Waals surface area contributed by atoms with Crippen molar-refractivity contribution in [2.45, 2.75) is 36.5 Å². The van der Waals surface area contributed by atoms with Gasteiger partial charge in [-0.1, -0.05) is 31.0 Å². The van der Waals surface area contributed by atoms with Gasteiger partial charge in [0.25, 0.3) is 5.91 Å². The number of thioether (sulfide) groups is 1. The maximum atomic E-state index is 12.5. The van der Waals surface area contributed by atoms with Crippen molar-refractivity contribution >= 4 is 17.7 Å². The van der Waals surface area contributed by atoms with Gasteiger partial charge in [-0.15, -0.1) is 11.8 Å². The van der Waals surface area contributed by atoms with E-state index in [0.29, 0.717) is 12.1 Å². The van der Waals surface area contributed by atoms with Crippen molar-refractivity contribution in [1.82, 2.24) is 10.3 Å². The molecule has 5 heteroatoms. The molecule has 1 fully saturated rings. The minimum absolute atomic E-state index is 0.00342. The lowest BCUT2D eigenvalue weighted by Gasteiger charge is -2.28. The second-order valence-corrected chi connectivity index (χ2v) is 7.97. The van der Waals surface area contributed by atoms with Crippen LogP contribution in [0.5, 0.6) is 0 Å². The van der Waals surface area contributed by atoms with E-state index in [4.69, 9.17) is 4.74 Å². The van der Waals surface area contributed by atoms with E-state index in [1.807, 2.05) is 42.5 Å². The van der Waals surface area contributed by atoms with Crippen LogP contribution in [0.1, 0.15) is 41.6 Å². The number of aromatic nitrogens is 1. The molecule has 0 spiro atoms. The van der Waals surface area contributed by atoms with Gasteiger partial charge in [-0.2, -0.15) is 0 Å². The molecule has 0 bridgehead atoms. The topological polar surface area (TPSA) is 51.2 Å². The van der Waals surface area contributed by atoms with Gasteiger partial charge in [-0.05, 0) is 42.7 Å². The predicted octanol–water partition coefficient (Wildman–Crippen LogP) is 4.31. The summed E-state index contributed by atoms with van der Waals surface area (Å²) in [5.74, 6) is 0.840. The van der Waals surface area contributed by atoms with Crippen LogP contribution in [0.3, 0.4) is 0 Å². The molecule has 1 aliphatic rings. The van der Waals surface area contributed by atoms with Crippen LogP contribution in [0.2, 0.25) is 0 Å². The van der Waals surface area contributed by atoms with Crippen LogP contribution >= 0.6 is 11.8 Å². The first kappa shape index (κ1) is 18.9. The highest BCUT2D eigenvalue weighted by Gasteiger charge is 2.34. The fraction of sp³-hybridized carbons (Fsp3) is 0.429. The second kappa shape index (κ2) is 9.19. The van der Waals surface area contributed by atoms with Crippen molar-refractivity contribution in [2.75, 3.05) is 20.3 Å².